The molecule has 7 heteroatoms. The minimum Gasteiger partial charge on any atom is -0.364 e. The Hall–Kier alpha value is -1.92. The highest BCUT2D eigenvalue weighted by Gasteiger charge is 2.22. The molecule has 1 unspecified atom stereocenters. The highest BCUT2D eigenvalue weighted by molar-refractivity contribution is 5.56. The van der Waals surface area contributed by atoms with Crippen LogP contribution in [0.2, 0.25) is 0 Å². The summed E-state index contributed by atoms with van der Waals surface area (Å²) in [6, 6.07) is 0. The maximum Gasteiger partial charge on any atom is 0.329 e. The first-order valence-corrected chi connectivity index (χ1v) is 6.74. The highest BCUT2D eigenvalue weighted by atomic mass is 16.6. The fourth-order valence-electron chi connectivity index (χ4n) is 1.44. The average molecular weight is 281 g/mol. The van der Waals surface area contributed by atoms with E-state index < -0.39 is 4.92 Å². The molecule has 0 aliphatic heterocycles. The van der Waals surface area contributed by atoms with Crippen LogP contribution in [0.3, 0.4) is 0 Å². The number of nitro groups is 1. The molecule has 0 aromatic carbocycles. The average Bonchev–Trinajstić information content (AvgIpc) is 2.35. The van der Waals surface area contributed by atoms with Crippen LogP contribution >= 0.6 is 0 Å². The van der Waals surface area contributed by atoms with E-state index in [0.717, 1.165) is 0 Å². The standard InChI is InChI=1S/C13H23N5O2/c1-6-14-12-16-8-10(18(19)20)11(17-12)15-7-9(2)13(3,4)5/h8-9H,6-7H2,1-5H3,(H2,14,15,16,17). The molecule has 1 aromatic rings. The van der Waals surface area contributed by atoms with E-state index in [1.807, 2.05) is 6.92 Å². The number of nitrogens with zero attached hydrogens (tertiary/aromatic N) is 3. The van der Waals surface area contributed by atoms with E-state index in [1.54, 1.807) is 0 Å². The van der Waals surface area contributed by atoms with Crippen molar-refractivity contribution in [2.75, 3.05) is 23.7 Å². The van der Waals surface area contributed by atoms with Crippen molar-refractivity contribution in [2.45, 2.75) is 34.6 Å². The molecule has 0 radical (unpaired) electrons. The maximum absolute atomic E-state index is 11.0. The number of rotatable bonds is 6. The summed E-state index contributed by atoms with van der Waals surface area (Å²) in [5.41, 5.74) is 0.0204. The normalized spacial score (nSPS) is 12.8. The summed E-state index contributed by atoms with van der Waals surface area (Å²) in [5.74, 6) is 1.00. The maximum atomic E-state index is 11.0. The first-order chi connectivity index (χ1) is 9.25. The predicted molar refractivity (Wildman–Crippen MR) is 80.0 cm³/mol. The summed E-state index contributed by atoms with van der Waals surface area (Å²) in [5, 5.41) is 17.0. The molecule has 1 aromatic heterocycles. The Kier molecular flexibility index (Phi) is 5.24. The fourth-order valence-corrected chi connectivity index (χ4v) is 1.44. The van der Waals surface area contributed by atoms with Gasteiger partial charge in [0.1, 0.15) is 6.20 Å². The molecule has 0 saturated heterocycles. The lowest BCUT2D eigenvalue weighted by molar-refractivity contribution is -0.384. The summed E-state index contributed by atoms with van der Waals surface area (Å²) >= 11 is 0. The molecule has 0 spiro atoms. The van der Waals surface area contributed by atoms with E-state index in [1.165, 1.54) is 6.20 Å². The second kappa shape index (κ2) is 6.49. The zero-order chi connectivity index (χ0) is 15.3. The third-order valence-corrected chi connectivity index (χ3v) is 3.36. The van der Waals surface area contributed by atoms with Crippen molar-refractivity contribution in [3.8, 4) is 0 Å². The fraction of sp³-hybridized carbons (Fsp3) is 0.692. The van der Waals surface area contributed by atoms with E-state index in [2.05, 4.69) is 48.3 Å². The Labute approximate surface area is 119 Å². The molecule has 0 saturated carbocycles. The smallest absolute Gasteiger partial charge is 0.329 e. The van der Waals surface area contributed by atoms with E-state index in [-0.39, 0.29) is 16.9 Å². The van der Waals surface area contributed by atoms with Crippen LogP contribution in [0, 0.1) is 21.4 Å². The summed E-state index contributed by atoms with van der Waals surface area (Å²) in [4.78, 5) is 18.6. The van der Waals surface area contributed by atoms with Gasteiger partial charge in [-0.15, -0.1) is 0 Å². The number of hydrogen-bond acceptors (Lipinski definition) is 6. The largest absolute Gasteiger partial charge is 0.364 e. The molecule has 1 heterocycles. The van der Waals surface area contributed by atoms with Crippen molar-refractivity contribution in [3.05, 3.63) is 16.3 Å². The van der Waals surface area contributed by atoms with Crippen LogP contribution in [0.5, 0.6) is 0 Å². The number of hydrogen-bond donors (Lipinski definition) is 2. The summed E-state index contributed by atoms with van der Waals surface area (Å²) in [7, 11) is 0. The minimum atomic E-state index is -0.472. The lowest BCUT2D eigenvalue weighted by Crippen LogP contribution is -2.25. The first kappa shape index (κ1) is 16.1. The molecule has 112 valence electrons. The summed E-state index contributed by atoms with van der Waals surface area (Å²) < 4.78 is 0. The van der Waals surface area contributed by atoms with E-state index in [0.29, 0.717) is 25.0 Å². The molecule has 0 amide bonds. The van der Waals surface area contributed by atoms with Gasteiger partial charge in [-0.3, -0.25) is 10.1 Å². The van der Waals surface area contributed by atoms with Gasteiger partial charge < -0.3 is 10.6 Å². The second-order valence-corrected chi connectivity index (χ2v) is 5.86. The molecule has 0 aliphatic carbocycles. The van der Waals surface area contributed by atoms with Crippen molar-refractivity contribution in [3.63, 3.8) is 0 Å². The van der Waals surface area contributed by atoms with Crippen LogP contribution < -0.4 is 10.6 Å². The third kappa shape index (κ3) is 4.32. The van der Waals surface area contributed by atoms with Crippen LogP contribution in [-0.4, -0.2) is 28.0 Å². The van der Waals surface area contributed by atoms with E-state index in [9.17, 15) is 10.1 Å². The quantitative estimate of drug-likeness (QED) is 0.615. The van der Waals surface area contributed by atoms with Gasteiger partial charge in [0.05, 0.1) is 4.92 Å². The number of anilines is 2. The SMILES string of the molecule is CCNc1ncc([N+](=O)[O-])c(NCC(C)C(C)(C)C)n1. The van der Waals surface area contributed by atoms with Crippen molar-refractivity contribution in [2.24, 2.45) is 11.3 Å². The Morgan fingerprint density at radius 1 is 1.40 bits per heavy atom. The van der Waals surface area contributed by atoms with Gasteiger partial charge in [-0.1, -0.05) is 27.7 Å². The molecular weight excluding hydrogens is 258 g/mol. The molecule has 0 aliphatic rings. The predicted octanol–water partition coefficient (Wildman–Crippen LogP) is 2.91. The van der Waals surface area contributed by atoms with Gasteiger partial charge in [0.25, 0.3) is 0 Å². The van der Waals surface area contributed by atoms with E-state index in [4.69, 9.17) is 0 Å². The van der Waals surface area contributed by atoms with Gasteiger partial charge in [-0.2, -0.15) is 4.98 Å². The van der Waals surface area contributed by atoms with Crippen LogP contribution in [-0.2, 0) is 0 Å². The Morgan fingerprint density at radius 3 is 2.55 bits per heavy atom. The monoisotopic (exact) mass is 281 g/mol. The van der Waals surface area contributed by atoms with Crippen molar-refractivity contribution >= 4 is 17.5 Å². The summed E-state index contributed by atoms with van der Waals surface area (Å²) in [6.07, 6.45) is 1.23. The molecular formula is C13H23N5O2. The minimum absolute atomic E-state index is 0.104. The molecule has 7 nitrogen and oxygen atoms in total. The van der Waals surface area contributed by atoms with Crippen LogP contribution in [0.4, 0.5) is 17.5 Å². The van der Waals surface area contributed by atoms with Gasteiger partial charge in [-0.05, 0) is 18.3 Å². The number of nitrogens with one attached hydrogen (secondary N) is 2. The van der Waals surface area contributed by atoms with Crippen molar-refractivity contribution in [1.29, 1.82) is 0 Å². The Morgan fingerprint density at radius 2 is 2.05 bits per heavy atom. The first-order valence-electron chi connectivity index (χ1n) is 6.74. The summed E-state index contributed by atoms with van der Waals surface area (Å²) in [6.45, 7) is 11.7. The molecule has 1 rings (SSSR count). The molecule has 20 heavy (non-hydrogen) atoms. The van der Waals surface area contributed by atoms with Gasteiger partial charge in [0.15, 0.2) is 0 Å². The van der Waals surface area contributed by atoms with Crippen molar-refractivity contribution < 1.29 is 4.92 Å². The van der Waals surface area contributed by atoms with Gasteiger partial charge in [0.2, 0.25) is 11.8 Å². The molecule has 0 fully saturated rings. The van der Waals surface area contributed by atoms with Crippen LogP contribution in [0.25, 0.3) is 0 Å². The van der Waals surface area contributed by atoms with Gasteiger partial charge >= 0.3 is 5.69 Å². The zero-order valence-corrected chi connectivity index (χ0v) is 12.7. The topological polar surface area (TPSA) is 93.0 Å². The van der Waals surface area contributed by atoms with Crippen molar-refractivity contribution in [1.82, 2.24) is 9.97 Å². The number of aromatic nitrogens is 2. The Balaban J connectivity index is 2.90. The van der Waals surface area contributed by atoms with Gasteiger partial charge in [-0.25, -0.2) is 4.98 Å². The Bertz CT molecular complexity index is 470. The molecule has 0 bridgehead atoms. The molecule has 2 N–H and O–H groups in total. The van der Waals surface area contributed by atoms with Gasteiger partial charge in [0, 0.05) is 13.1 Å². The zero-order valence-electron chi connectivity index (χ0n) is 12.7. The lowest BCUT2D eigenvalue weighted by Gasteiger charge is -2.27. The second-order valence-electron chi connectivity index (χ2n) is 5.86. The molecule has 1 atom stereocenters. The third-order valence-electron chi connectivity index (χ3n) is 3.36. The van der Waals surface area contributed by atoms with Crippen LogP contribution in [0.1, 0.15) is 34.6 Å². The van der Waals surface area contributed by atoms with Crippen LogP contribution in [0.15, 0.2) is 6.20 Å². The van der Waals surface area contributed by atoms with E-state index >= 15 is 0 Å². The highest BCUT2D eigenvalue weighted by Crippen LogP contribution is 2.27. The lowest BCUT2D eigenvalue weighted by atomic mass is 9.82.